The van der Waals surface area contributed by atoms with Crippen molar-refractivity contribution in [3.05, 3.63) is 65.7 Å². The van der Waals surface area contributed by atoms with Crippen molar-refractivity contribution < 1.29 is 14.3 Å². The number of cyclic esters (lactones) is 1. The van der Waals surface area contributed by atoms with Crippen LogP contribution in [0.1, 0.15) is 31.0 Å². The van der Waals surface area contributed by atoms with E-state index in [9.17, 15) is 4.79 Å². The number of ether oxygens (including phenoxy) is 2. The van der Waals surface area contributed by atoms with Gasteiger partial charge in [-0.15, -0.1) is 0 Å². The topological polar surface area (TPSA) is 47.6 Å². The lowest BCUT2D eigenvalue weighted by Gasteiger charge is -2.38. The van der Waals surface area contributed by atoms with Crippen LogP contribution in [-0.2, 0) is 11.3 Å². The number of alkyl carbamates (subject to hydrolysis) is 1. The zero-order valence-electron chi connectivity index (χ0n) is 13.4. The van der Waals surface area contributed by atoms with Crippen molar-refractivity contribution in [3.8, 4) is 5.75 Å². The molecule has 120 valence electrons. The van der Waals surface area contributed by atoms with Crippen molar-refractivity contribution in [2.75, 3.05) is 6.61 Å². The van der Waals surface area contributed by atoms with E-state index in [0.29, 0.717) is 13.2 Å². The van der Waals surface area contributed by atoms with Gasteiger partial charge >= 0.3 is 6.09 Å². The quantitative estimate of drug-likeness (QED) is 0.926. The molecule has 0 radical (unpaired) electrons. The Bertz CT molecular complexity index is 665. The number of hydrogen-bond donors (Lipinski definition) is 1. The van der Waals surface area contributed by atoms with Crippen LogP contribution in [0, 0.1) is 5.41 Å². The molecule has 0 saturated carbocycles. The highest BCUT2D eigenvalue weighted by Crippen LogP contribution is 2.36. The minimum Gasteiger partial charge on any atom is -0.489 e. The first-order chi connectivity index (χ1) is 11.0. The molecule has 0 aliphatic carbocycles. The number of carbonyl (C=O) groups excluding carboxylic acids is 1. The Labute approximate surface area is 136 Å². The SMILES string of the molecule is CC1(C)COC(=O)N[C@H]1c1ccc(OCc2ccccc2)cc1. The fourth-order valence-corrected chi connectivity index (χ4v) is 2.72. The Balaban J connectivity index is 1.68. The van der Waals surface area contributed by atoms with E-state index in [0.717, 1.165) is 16.9 Å². The van der Waals surface area contributed by atoms with Crippen molar-refractivity contribution in [2.24, 2.45) is 5.41 Å². The summed E-state index contributed by atoms with van der Waals surface area (Å²) >= 11 is 0. The summed E-state index contributed by atoms with van der Waals surface area (Å²) in [4.78, 5) is 11.5. The van der Waals surface area contributed by atoms with E-state index in [1.807, 2.05) is 54.6 Å². The van der Waals surface area contributed by atoms with E-state index in [1.54, 1.807) is 0 Å². The van der Waals surface area contributed by atoms with Crippen LogP contribution in [0.15, 0.2) is 54.6 Å². The Hall–Kier alpha value is -2.49. The molecule has 1 aliphatic rings. The van der Waals surface area contributed by atoms with Gasteiger partial charge in [-0.1, -0.05) is 56.3 Å². The predicted octanol–water partition coefficient (Wildman–Crippen LogP) is 4.07. The molecule has 1 fully saturated rings. The lowest BCUT2D eigenvalue weighted by atomic mass is 9.80. The third-order valence-corrected chi connectivity index (χ3v) is 4.08. The van der Waals surface area contributed by atoms with Crippen molar-refractivity contribution >= 4 is 6.09 Å². The fraction of sp³-hybridized carbons (Fsp3) is 0.316. The minimum atomic E-state index is -0.362. The summed E-state index contributed by atoms with van der Waals surface area (Å²) in [7, 11) is 0. The highest BCUT2D eigenvalue weighted by atomic mass is 16.6. The van der Waals surface area contributed by atoms with E-state index >= 15 is 0 Å². The van der Waals surface area contributed by atoms with Crippen molar-refractivity contribution in [1.29, 1.82) is 0 Å². The second kappa shape index (κ2) is 6.32. The molecule has 2 aromatic carbocycles. The Morgan fingerprint density at radius 3 is 2.52 bits per heavy atom. The molecule has 1 N–H and O–H groups in total. The van der Waals surface area contributed by atoms with Gasteiger partial charge in [0.2, 0.25) is 0 Å². The molecule has 1 heterocycles. The number of benzene rings is 2. The van der Waals surface area contributed by atoms with Crippen molar-refractivity contribution in [3.63, 3.8) is 0 Å². The monoisotopic (exact) mass is 311 g/mol. The number of hydrogen-bond acceptors (Lipinski definition) is 3. The Kier molecular flexibility index (Phi) is 4.24. The van der Waals surface area contributed by atoms with Gasteiger partial charge in [-0.2, -0.15) is 0 Å². The van der Waals surface area contributed by atoms with Crippen LogP contribution in [0.4, 0.5) is 4.79 Å². The third-order valence-electron chi connectivity index (χ3n) is 4.08. The summed E-state index contributed by atoms with van der Waals surface area (Å²) in [6.07, 6.45) is -0.362. The molecule has 1 atom stereocenters. The maximum Gasteiger partial charge on any atom is 0.407 e. The van der Waals surface area contributed by atoms with Gasteiger partial charge in [-0.05, 0) is 23.3 Å². The van der Waals surface area contributed by atoms with Gasteiger partial charge in [0.05, 0.1) is 6.04 Å². The largest absolute Gasteiger partial charge is 0.489 e. The van der Waals surface area contributed by atoms with E-state index in [-0.39, 0.29) is 17.6 Å². The predicted molar refractivity (Wildman–Crippen MR) is 88.2 cm³/mol. The number of amides is 1. The summed E-state index contributed by atoms with van der Waals surface area (Å²) < 4.78 is 10.9. The molecule has 1 saturated heterocycles. The molecule has 0 aromatic heterocycles. The number of carbonyl (C=O) groups is 1. The van der Waals surface area contributed by atoms with Gasteiger partial charge < -0.3 is 14.8 Å². The van der Waals surface area contributed by atoms with Gasteiger partial charge in [0.25, 0.3) is 0 Å². The molecule has 1 aliphatic heterocycles. The van der Waals surface area contributed by atoms with Crippen molar-refractivity contribution in [1.82, 2.24) is 5.32 Å². The molecule has 2 aromatic rings. The first-order valence-electron chi connectivity index (χ1n) is 7.74. The number of rotatable bonds is 4. The van der Waals surface area contributed by atoms with Crippen LogP contribution < -0.4 is 10.1 Å². The summed E-state index contributed by atoms with van der Waals surface area (Å²) in [5, 5.41) is 2.90. The lowest BCUT2D eigenvalue weighted by molar-refractivity contribution is 0.0387. The molecular formula is C19H21NO3. The van der Waals surface area contributed by atoms with Crippen LogP contribution in [0.3, 0.4) is 0 Å². The first-order valence-corrected chi connectivity index (χ1v) is 7.74. The van der Waals surface area contributed by atoms with E-state index in [1.165, 1.54) is 0 Å². The average Bonchev–Trinajstić information content (AvgIpc) is 2.57. The minimum absolute atomic E-state index is 0.0630. The second-order valence-electron chi connectivity index (χ2n) is 6.49. The Morgan fingerprint density at radius 2 is 1.83 bits per heavy atom. The summed E-state index contributed by atoms with van der Waals surface area (Å²) in [5.74, 6) is 0.814. The van der Waals surface area contributed by atoms with Crippen LogP contribution >= 0.6 is 0 Å². The lowest BCUT2D eigenvalue weighted by Crippen LogP contribution is -2.46. The summed E-state index contributed by atoms with van der Waals surface area (Å²) in [6.45, 7) is 5.11. The third kappa shape index (κ3) is 3.65. The summed E-state index contributed by atoms with van der Waals surface area (Å²) in [6, 6.07) is 17.9. The van der Waals surface area contributed by atoms with Gasteiger partial charge in [-0.25, -0.2) is 4.79 Å². The smallest absolute Gasteiger partial charge is 0.407 e. The van der Waals surface area contributed by atoms with Crippen LogP contribution in [0.2, 0.25) is 0 Å². The maximum absolute atomic E-state index is 11.5. The standard InChI is InChI=1S/C19H21NO3/c1-19(2)13-23-18(21)20-17(19)15-8-10-16(11-9-15)22-12-14-6-4-3-5-7-14/h3-11,17H,12-13H2,1-2H3,(H,20,21)/t17-/m0/s1. The molecular weight excluding hydrogens is 290 g/mol. The molecule has 0 spiro atoms. The first kappa shape index (κ1) is 15.4. The molecule has 0 unspecified atom stereocenters. The van der Waals surface area contributed by atoms with Crippen LogP contribution in [-0.4, -0.2) is 12.7 Å². The molecule has 23 heavy (non-hydrogen) atoms. The highest BCUT2D eigenvalue weighted by molar-refractivity contribution is 5.69. The van der Waals surface area contributed by atoms with E-state index < -0.39 is 0 Å². The molecule has 0 bridgehead atoms. The highest BCUT2D eigenvalue weighted by Gasteiger charge is 2.37. The second-order valence-corrected chi connectivity index (χ2v) is 6.49. The normalized spacial score (nSPS) is 19.6. The van der Waals surface area contributed by atoms with Gasteiger partial charge in [0.15, 0.2) is 0 Å². The zero-order valence-corrected chi connectivity index (χ0v) is 13.4. The molecule has 1 amide bonds. The maximum atomic E-state index is 11.5. The Morgan fingerprint density at radius 1 is 1.13 bits per heavy atom. The van der Waals surface area contributed by atoms with Crippen molar-refractivity contribution in [2.45, 2.75) is 26.5 Å². The van der Waals surface area contributed by atoms with Crippen LogP contribution in [0.25, 0.3) is 0 Å². The number of nitrogens with one attached hydrogen (secondary N) is 1. The fourth-order valence-electron chi connectivity index (χ4n) is 2.72. The average molecular weight is 311 g/mol. The van der Waals surface area contributed by atoms with Gasteiger partial charge in [-0.3, -0.25) is 0 Å². The van der Waals surface area contributed by atoms with Crippen LogP contribution in [0.5, 0.6) is 5.75 Å². The van der Waals surface area contributed by atoms with E-state index in [2.05, 4.69) is 19.2 Å². The summed E-state index contributed by atoms with van der Waals surface area (Å²) in [5.41, 5.74) is 2.04. The van der Waals surface area contributed by atoms with Gasteiger partial charge in [0.1, 0.15) is 19.0 Å². The molecule has 4 heteroatoms. The van der Waals surface area contributed by atoms with Gasteiger partial charge in [0, 0.05) is 5.41 Å². The zero-order chi connectivity index (χ0) is 16.3. The molecule has 4 nitrogen and oxygen atoms in total. The molecule has 3 rings (SSSR count). The van der Waals surface area contributed by atoms with E-state index in [4.69, 9.17) is 9.47 Å².